The van der Waals surface area contributed by atoms with Gasteiger partial charge in [0, 0.05) is 57.7 Å². The average Bonchev–Trinajstić information content (AvgIpc) is 3.20. The summed E-state index contributed by atoms with van der Waals surface area (Å²) in [7, 11) is 1.78. The second-order valence-corrected chi connectivity index (χ2v) is 8.14. The number of anilines is 2. The van der Waals surface area contributed by atoms with Crippen LogP contribution >= 0.6 is 0 Å². The van der Waals surface area contributed by atoms with E-state index in [0.29, 0.717) is 50.6 Å². The summed E-state index contributed by atoms with van der Waals surface area (Å²) >= 11 is 0. The molecule has 0 spiro atoms. The Labute approximate surface area is 196 Å². The van der Waals surface area contributed by atoms with Gasteiger partial charge in [-0.15, -0.1) is 0 Å². The molecule has 1 aromatic carbocycles. The van der Waals surface area contributed by atoms with Crippen molar-refractivity contribution in [3.8, 4) is 0 Å². The van der Waals surface area contributed by atoms with Gasteiger partial charge in [-0.2, -0.15) is 0 Å². The highest BCUT2D eigenvalue weighted by Gasteiger charge is 2.32. The Morgan fingerprint density at radius 1 is 1.32 bits per heavy atom. The van der Waals surface area contributed by atoms with E-state index < -0.39 is 11.9 Å². The second kappa shape index (κ2) is 10.5. The molecule has 0 bridgehead atoms. The van der Waals surface area contributed by atoms with E-state index in [2.05, 4.69) is 10.3 Å². The zero-order valence-electron chi connectivity index (χ0n) is 19.0. The number of piperazine rings is 1. The number of nitrogens with zero attached hydrogens (tertiary/aromatic N) is 5. The minimum Gasteiger partial charge on any atom is -0.443 e. The number of halogens is 1. The lowest BCUT2D eigenvalue weighted by atomic mass is 10.2. The van der Waals surface area contributed by atoms with Gasteiger partial charge in [0.1, 0.15) is 17.4 Å². The number of nitrogens with one attached hydrogen (secondary N) is 2. The van der Waals surface area contributed by atoms with Crippen LogP contribution in [0.2, 0.25) is 0 Å². The summed E-state index contributed by atoms with van der Waals surface area (Å²) in [5.41, 5.74) is 1.15. The molecule has 4 rings (SSSR count). The number of ether oxygens (including phenoxy) is 1. The summed E-state index contributed by atoms with van der Waals surface area (Å²) < 4.78 is 21.8. The number of aromatic nitrogens is 2. The average molecular weight is 470 g/mol. The number of cyclic esters (lactones) is 1. The summed E-state index contributed by atoms with van der Waals surface area (Å²) in [5, 5.41) is 10.7. The van der Waals surface area contributed by atoms with Crippen LogP contribution in [0.15, 0.2) is 42.9 Å². The molecule has 0 aliphatic carbocycles. The fraction of sp³-hybridized carbons (Fsp3) is 0.391. The van der Waals surface area contributed by atoms with Crippen molar-refractivity contribution < 1.29 is 18.7 Å². The highest BCUT2D eigenvalue weighted by atomic mass is 19.1. The lowest BCUT2D eigenvalue weighted by molar-refractivity contribution is -0.130. The highest BCUT2D eigenvalue weighted by molar-refractivity contribution is 5.90. The van der Waals surface area contributed by atoms with Crippen LogP contribution in [0, 0.1) is 11.2 Å². The highest BCUT2D eigenvalue weighted by Crippen LogP contribution is 2.28. The summed E-state index contributed by atoms with van der Waals surface area (Å²) in [6.45, 7) is 2.91. The number of hydrogen-bond donors (Lipinski definition) is 2. The molecule has 2 aliphatic heterocycles. The molecule has 2 aromatic rings. The van der Waals surface area contributed by atoms with E-state index in [4.69, 9.17) is 10.1 Å². The Bertz CT molecular complexity index is 1130. The molecule has 2 fully saturated rings. The zero-order valence-corrected chi connectivity index (χ0v) is 19.0. The lowest BCUT2D eigenvalue weighted by Gasteiger charge is -2.36. The van der Waals surface area contributed by atoms with Crippen molar-refractivity contribution >= 4 is 29.6 Å². The molecule has 1 aromatic heterocycles. The van der Waals surface area contributed by atoms with Crippen molar-refractivity contribution in [3.05, 3.63) is 54.2 Å². The molecule has 34 heavy (non-hydrogen) atoms. The van der Waals surface area contributed by atoms with Gasteiger partial charge < -0.3 is 24.4 Å². The van der Waals surface area contributed by atoms with Gasteiger partial charge in [0.15, 0.2) is 0 Å². The van der Waals surface area contributed by atoms with Gasteiger partial charge in [-0.1, -0.05) is 6.08 Å². The minimum absolute atomic E-state index is 0.0171. The first-order valence-electron chi connectivity index (χ1n) is 11.1. The number of amides is 2. The molecule has 0 saturated carbocycles. The van der Waals surface area contributed by atoms with Crippen molar-refractivity contribution in [1.29, 1.82) is 5.41 Å². The van der Waals surface area contributed by atoms with Crippen LogP contribution in [0.4, 0.5) is 20.6 Å². The molecule has 2 N–H and O–H groups in total. The molecule has 0 radical (unpaired) electrons. The van der Waals surface area contributed by atoms with E-state index in [0.717, 1.165) is 0 Å². The van der Waals surface area contributed by atoms with E-state index in [-0.39, 0.29) is 23.9 Å². The predicted octanol–water partition coefficient (Wildman–Crippen LogP) is 1.26. The molecule has 180 valence electrons. The molecule has 2 saturated heterocycles. The largest absolute Gasteiger partial charge is 0.443 e. The molecule has 1 atom stereocenters. The van der Waals surface area contributed by atoms with E-state index in [1.165, 1.54) is 17.2 Å². The fourth-order valence-corrected chi connectivity index (χ4v) is 4.08. The van der Waals surface area contributed by atoms with E-state index in [1.54, 1.807) is 53.3 Å². The Morgan fingerprint density at radius 3 is 2.82 bits per heavy atom. The number of carbonyl (C=O) groups is 2. The predicted molar refractivity (Wildman–Crippen MR) is 125 cm³/mol. The maximum absolute atomic E-state index is 14.9. The van der Waals surface area contributed by atoms with Gasteiger partial charge in [-0.05, 0) is 25.2 Å². The maximum Gasteiger partial charge on any atom is 0.414 e. The Hall–Kier alpha value is -3.73. The standard InChI is InChI=1S/C23H28FN7O3/c1-26-14-18-16-31(23(33)34-18)17-4-5-20(19(24)13-17)28-9-11-30(12-10-28)22(32)3-2-7-29-8-6-27-15-21(29)25/h2,4-8,13,15,18,25-26H,3,9-12,14,16H2,1H3/b7-2+,25-21?. The monoisotopic (exact) mass is 469 g/mol. The Morgan fingerprint density at radius 2 is 2.12 bits per heavy atom. The minimum atomic E-state index is -0.477. The smallest absolute Gasteiger partial charge is 0.414 e. The number of hydrogen-bond acceptors (Lipinski definition) is 7. The quantitative estimate of drug-likeness (QED) is 0.632. The molecular weight excluding hydrogens is 441 g/mol. The molecular formula is C23H28FN7O3. The number of carbonyl (C=O) groups excluding carboxylic acids is 2. The summed E-state index contributed by atoms with van der Waals surface area (Å²) in [4.78, 5) is 33.6. The number of benzene rings is 1. The molecule has 1 unspecified atom stereocenters. The van der Waals surface area contributed by atoms with Crippen molar-refractivity contribution in [2.45, 2.75) is 12.5 Å². The van der Waals surface area contributed by atoms with Gasteiger partial charge >= 0.3 is 6.09 Å². The van der Waals surface area contributed by atoms with E-state index in [9.17, 15) is 14.0 Å². The first kappa shape index (κ1) is 23.4. The van der Waals surface area contributed by atoms with Gasteiger partial charge in [-0.25, -0.2) is 9.18 Å². The first-order chi connectivity index (χ1) is 16.5. The van der Waals surface area contributed by atoms with Gasteiger partial charge in [0.05, 0.1) is 24.1 Å². The van der Waals surface area contributed by atoms with Crippen molar-refractivity contribution in [3.63, 3.8) is 0 Å². The zero-order chi connectivity index (χ0) is 24.1. The van der Waals surface area contributed by atoms with Crippen molar-refractivity contribution in [1.82, 2.24) is 19.8 Å². The van der Waals surface area contributed by atoms with Crippen molar-refractivity contribution in [2.75, 3.05) is 56.1 Å². The van der Waals surface area contributed by atoms with Crippen molar-refractivity contribution in [2.24, 2.45) is 0 Å². The third kappa shape index (κ3) is 5.25. The SMILES string of the molecule is CNCC1CN(c2ccc(N3CCN(C(=O)C/C=C/n4ccncc4=N)CC3)c(F)c2)C(=O)O1. The molecule has 2 aliphatic rings. The van der Waals surface area contributed by atoms with Gasteiger partial charge in [-0.3, -0.25) is 20.1 Å². The maximum atomic E-state index is 14.9. The summed E-state index contributed by atoms with van der Waals surface area (Å²) in [5.74, 6) is -0.428. The molecule has 10 nitrogen and oxygen atoms in total. The molecule has 3 heterocycles. The third-order valence-corrected chi connectivity index (χ3v) is 5.87. The number of rotatable bonds is 7. The van der Waals surface area contributed by atoms with Crippen LogP contribution in [-0.2, 0) is 9.53 Å². The van der Waals surface area contributed by atoms with Crippen LogP contribution in [0.5, 0.6) is 0 Å². The van der Waals surface area contributed by atoms with E-state index >= 15 is 0 Å². The van der Waals surface area contributed by atoms with Gasteiger partial charge in [0.25, 0.3) is 0 Å². The third-order valence-electron chi connectivity index (χ3n) is 5.87. The summed E-state index contributed by atoms with van der Waals surface area (Å²) in [6.07, 6.45) is 7.52. The van der Waals surface area contributed by atoms with Crippen LogP contribution < -0.4 is 20.6 Å². The number of likely N-dealkylation sites (N-methyl/N-ethyl adjacent to an activating group) is 1. The Kier molecular flexibility index (Phi) is 7.21. The van der Waals surface area contributed by atoms with Crippen LogP contribution in [-0.4, -0.2) is 78.9 Å². The second-order valence-electron chi connectivity index (χ2n) is 8.14. The van der Waals surface area contributed by atoms with Gasteiger partial charge in [0.2, 0.25) is 5.91 Å². The topological polar surface area (TPSA) is 107 Å². The van der Waals surface area contributed by atoms with Crippen LogP contribution in [0.25, 0.3) is 6.20 Å². The Balaban J connectivity index is 1.31. The first-order valence-corrected chi connectivity index (χ1v) is 11.1. The summed E-state index contributed by atoms with van der Waals surface area (Å²) in [6, 6.07) is 4.76. The molecule has 2 amide bonds. The molecule has 11 heteroatoms. The lowest BCUT2D eigenvalue weighted by Crippen LogP contribution is -2.48. The van der Waals surface area contributed by atoms with Crippen LogP contribution in [0.1, 0.15) is 6.42 Å². The fourth-order valence-electron chi connectivity index (χ4n) is 4.08. The normalized spacial score (nSPS) is 18.6. The van der Waals surface area contributed by atoms with Crippen LogP contribution in [0.3, 0.4) is 0 Å². The van der Waals surface area contributed by atoms with E-state index in [1.807, 2.05) is 4.90 Å².